The molecule has 0 saturated heterocycles. The van der Waals surface area contributed by atoms with Crippen molar-refractivity contribution in [1.29, 1.82) is 0 Å². The predicted octanol–water partition coefficient (Wildman–Crippen LogP) is 3.19. The maximum Gasteiger partial charge on any atom is 0.261 e. The van der Waals surface area contributed by atoms with Gasteiger partial charge in [-0.2, -0.15) is 0 Å². The third-order valence-electron chi connectivity index (χ3n) is 2.95. The highest BCUT2D eigenvalue weighted by Crippen LogP contribution is 2.16. The Morgan fingerprint density at radius 1 is 1.09 bits per heavy atom. The average Bonchev–Trinajstić information content (AvgIpc) is 2.50. The van der Waals surface area contributed by atoms with E-state index in [1.807, 2.05) is 0 Å². The van der Waals surface area contributed by atoms with E-state index < -0.39 is 23.6 Å². The van der Waals surface area contributed by atoms with Gasteiger partial charge in [0.05, 0.1) is 0 Å². The minimum absolute atomic E-state index is 0.0586. The second kappa shape index (κ2) is 6.98. The van der Waals surface area contributed by atoms with Crippen LogP contribution in [-0.2, 0) is 11.3 Å². The van der Waals surface area contributed by atoms with Crippen molar-refractivity contribution in [1.82, 2.24) is 5.32 Å². The van der Waals surface area contributed by atoms with Gasteiger partial charge in [-0.15, -0.1) is 0 Å². The van der Waals surface area contributed by atoms with E-state index in [1.165, 1.54) is 25.1 Å². The van der Waals surface area contributed by atoms with Crippen molar-refractivity contribution in [2.24, 2.45) is 0 Å². The fourth-order valence-corrected chi connectivity index (χ4v) is 1.74. The molecule has 2 aromatic carbocycles. The molecule has 22 heavy (non-hydrogen) atoms. The Hall–Kier alpha value is -2.50. The molecular formula is C16H14F3NO2. The zero-order chi connectivity index (χ0) is 16.1. The van der Waals surface area contributed by atoms with Crippen molar-refractivity contribution < 1.29 is 22.7 Å². The summed E-state index contributed by atoms with van der Waals surface area (Å²) in [6.07, 6.45) is -0.884. The Labute approximate surface area is 125 Å². The number of benzene rings is 2. The summed E-state index contributed by atoms with van der Waals surface area (Å²) >= 11 is 0. The van der Waals surface area contributed by atoms with Crippen LogP contribution in [0.2, 0.25) is 0 Å². The Kier molecular flexibility index (Phi) is 5.04. The van der Waals surface area contributed by atoms with Crippen LogP contribution in [0.25, 0.3) is 0 Å². The molecule has 6 heteroatoms. The maximum absolute atomic E-state index is 13.0. The van der Waals surface area contributed by atoms with Gasteiger partial charge in [-0.05, 0) is 36.8 Å². The number of amides is 1. The first-order chi connectivity index (χ1) is 10.5. The Morgan fingerprint density at radius 2 is 1.77 bits per heavy atom. The number of ether oxygens (including phenoxy) is 1. The van der Waals surface area contributed by atoms with Crippen molar-refractivity contribution >= 4 is 5.91 Å². The molecule has 1 unspecified atom stereocenters. The van der Waals surface area contributed by atoms with E-state index in [-0.39, 0.29) is 18.1 Å². The minimum Gasteiger partial charge on any atom is -0.481 e. The first-order valence-corrected chi connectivity index (χ1v) is 6.59. The molecule has 0 bridgehead atoms. The lowest BCUT2D eigenvalue weighted by atomic mass is 10.2. The largest absolute Gasteiger partial charge is 0.481 e. The van der Waals surface area contributed by atoms with Gasteiger partial charge in [0.25, 0.3) is 5.91 Å². The highest BCUT2D eigenvalue weighted by molar-refractivity contribution is 5.80. The molecule has 1 amide bonds. The summed E-state index contributed by atoms with van der Waals surface area (Å²) < 4.78 is 43.8. The summed E-state index contributed by atoms with van der Waals surface area (Å²) in [5, 5.41) is 2.61. The normalized spacial score (nSPS) is 11.8. The van der Waals surface area contributed by atoms with Crippen LogP contribution in [0.3, 0.4) is 0 Å². The highest BCUT2D eigenvalue weighted by atomic mass is 19.2. The number of carbonyl (C=O) groups is 1. The number of hydrogen-bond acceptors (Lipinski definition) is 2. The third-order valence-corrected chi connectivity index (χ3v) is 2.95. The second-order valence-corrected chi connectivity index (χ2v) is 4.68. The molecule has 116 valence electrons. The summed E-state index contributed by atoms with van der Waals surface area (Å²) in [5.74, 6) is -2.75. The van der Waals surface area contributed by atoms with E-state index in [2.05, 4.69) is 5.32 Å². The van der Waals surface area contributed by atoms with Gasteiger partial charge in [-0.3, -0.25) is 4.79 Å². The van der Waals surface area contributed by atoms with Gasteiger partial charge in [0, 0.05) is 12.6 Å². The molecule has 3 nitrogen and oxygen atoms in total. The van der Waals surface area contributed by atoms with Crippen LogP contribution in [0, 0.1) is 17.5 Å². The van der Waals surface area contributed by atoms with Gasteiger partial charge in [0.15, 0.2) is 17.7 Å². The molecule has 0 aliphatic heterocycles. The van der Waals surface area contributed by atoms with E-state index in [9.17, 15) is 18.0 Å². The molecule has 0 radical (unpaired) electrons. The van der Waals surface area contributed by atoms with Crippen LogP contribution in [0.15, 0.2) is 42.5 Å². The standard InChI is InChI=1S/C16H14F3NO2/c1-10(22-13-6-7-14(18)15(19)8-13)16(21)20-9-11-2-4-12(17)5-3-11/h2-8,10H,9H2,1H3,(H,20,21). The van der Waals surface area contributed by atoms with Gasteiger partial charge < -0.3 is 10.1 Å². The third kappa shape index (κ3) is 4.25. The highest BCUT2D eigenvalue weighted by Gasteiger charge is 2.15. The van der Waals surface area contributed by atoms with Gasteiger partial charge in [-0.1, -0.05) is 12.1 Å². The molecular weight excluding hydrogens is 295 g/mol. The van der Waals surface area contributed by atoms with Gasteiger partial charge in [-0.25, -0.2) is 13.2 Å². The smallest absolute Gasteiger partial charge is 0.261 e. The molecule has 2 aromatic rings. The van der Waals surface area contributed by atoms with Gasteiger partial charge >= 0.3 is 0 Å². The van der Waals surface area contributed by atoms with Crippen LogP contribution in [-0.4, -0.2) is 12.0 Å². The van der Waals surface area contributed by atoms with E-state index in [4.69, 9.17) is 4.74 Å². The van der Waals surface area contributed by atoms with Gasteiger partial charge in [0.1, 0.15) is 11.6 Å². The number of rotatable bonds is 5. The van der Waals surface area contributed by atoms with E-state index in [0.717, 1.165) is 17.7 Å². The molecule has 1 atom stereocenters. The number of hydrogen-bond donors (Lipinski definition) is 1. The predicted molar refractivity (Wildman–Crippen MR) is 74.7 cm³/mol. The summed E-state index contributed by atoms with van der Waals surface area (Å²) in [5.41, 5.74) is 0.731. The molecule has 0 aliphatic rings. The molecule has 1 N–H and O–H groups in total. The minimum atomic E-state index is -1.04. The molecule has 0 heterocycles. The summed E-state index contributed by atoms with van der Waals surface area (Å²) in [6.45, 7) is 1.70. The molecule has 0 fully saturated rings. The van der Waals surface area contributed by atoms with Crippen LogP contribution >= 0.6 is 0 Å². The first kappa shape index (κ1) is 15.9. The number of carbonyl (C=O) groups excluding carboxylic acids is 1. The van der Waals surface area contributed by atoms with Crippen molar-refractivity contribution in [3.05, 3.63) is 65.5 Å². The fourth-order valence-electron chi connectivity index (χ4n) is 1.74. The van der Waals surface area contributed by atoms with Crippen LogP contribution in [0.1, 0.15) is 12.5 Å². The van der Waals surface area contributed by atoms with Crippen molar-refractivity contribution in [3.63, 3.8) is 0 Å². The molecule has 0 spiro atoms. The zero-order valence-corrected chi connectivity index (χ0v) is 11.8. The molecule has 0 aliphatic carbocycles. The lowest BCUT2D eigenvalue weighted by molar-refractivity contribution is -0.127. The summed E-state index contributed by atoms with van der Waals surface area (Å²) in [4.78, 5) is 11.9. The first-order valence-electron chi connectivity index (χ1n) is 6.59. The van der Waals surface area contributed by atoms with Crippen molar-refractivity contribution in [3.8, 4) is 5.75 Å². The van der Waals surface area contributed by atoms with E-state index in [0.29, 0.717) is 0 Å². The SMILES string of the molecule is CC(Oc1ccc(F)c(F)c1)C(=O)NCc1ccc(F)cc1. The van der Waals surface area contributed by atoms with E-state index >= 15 is 0 Å². The zero-order valence-electron chi connectivity index (χ0n) is 11.8. The monoisotopic (exact) mass is 309 g/mol. The Bertz CT molecular complexity index is 659. The topological polar surface area (TPSA) is 38.3 Å². The fraction of sp³-hybridized carbons (Fsp3) is 0.188. The van der Waals surface area contributed by atoms with Crippen LogP contribution in [0.5, 0.6) is 5.75 Å². The van der Waals surface area contributed by atoms with E-state index in [1.54, 1.807) is 12.1 Å². The average molecular weight is 309 g/mol. The number of nitrogens with one attached hydrogen (secondary N) is 1. The quantitative estimate of drug-likeness (QED) is 0.921. The lowest BCUT2D eigenvalue weighted by Gasteiger charge is -2.15. The Morgan fingerprint density at radius 3 is 2.41 bits per heavy atom. The Balaban J connectivity index is 1.88. The van der Waals surface area contributed by atoms with Crippen molar-refractivity contribution in [2.45, 2.75) is 19.6 Å². The van der Waals surface area contributed by atoms with Crippen LogP contribution < -0.4 is 10.1 Å². The summed E-state index contributed by atoms with van der Waals surface area (Å²) in [7, 11) is 0. The number of halogens is 3. The van der Waals surface area contributed by atoms with Crippen LogP contribution in [0.4, 0.5) is 13.2 Å². The van der Waals surface area contributed by atoms with Crippen molar-refractivity contribution in [2.75, 3.05) is 0 Å². The summed E-state index contributed by atoms with van der Waals surface area (Å²) in [6, 6.07) is 8.73. The molecule has 0 aromatic heterocycles. The maximum atomic E-state index is 13.0. The lowest BCUT2D eigenvalue weighted by Crippen LogP contribution is -2.35. The van der Waals surface area contributed by atoms with Gasteiger partial charge in [0.2, 0.25) is 0 Å². The second-order valence-electron chi connectivity index (χ2n) is 4.68. The molecule has 2 rings (SSSR count). The molecule has 0 saturated carbocycles.